The fourth-order valence-corrected chi connectivity index (χ4v) is 1.68. The van der Waals surface area contributed by atoms with Gasteiger partial charge in [0.05, 0.1) is 12.7 Å². The lowest BCUT2D eigenvalue weighted by Gasteiger charge is -2.22. The average molecular weight is 194 g/mol. The molecule has 0 heterocycles. The molecule has 0 aliphatic heterocycles. The molecule has 0 aliphatic carbocycles. The highest BCUT2D eigenvalue weighted by atomic mass is 16.5. The topological polar surface area (TPSA) is 29.5 Å². The lowest BCUT2D eigenvalue weighted by Crippen LogP contribution is -2.17. The van der Waals surface area contributed by atoms with Crippen molar-refractivity contribution >= 4 is 0 Å². The molecule has 2 heteroatoms. The Labute approximate surface area is 85.5 Å². The van der Waals surface area contributed by atoms with Crippen molar-refractivity contribution in [1.29, 1.82) is 0 Å². The average Bonchev–Trinajstić information content (AvgIpc) is 2.01. The maximum absolute atomic E-state index is 9.97. The van der Waals surface area contributed by atoms with Crippen LogP contribution in [0.15, 0.2) is 12.1 Å². The quantitative estimate of drug-likeness (QED) is 0.784. The fraction of sp³-hybridized carbons (Fsp3) is 0.500. The van der Waals surface area contributed by atoms with E-state index in [9.17, 15) is 5.11 Å². The number of rotatable bonds is 2. The Kier molecular flexibility index (Phi) is 2.86. The summed E-state index contributed by atoms with van der Waals surface area (Å²) in [6.45, 7) is 7.54. The summed E-state index contributed by atoms with van der Waals surface area (Å²) in [5, 5.41) is 9.97. The Hall–Kier alpha value is -1.02. The van der Waals surface area contributed by atoms with Gasteiger partial charge in [-0.3, -0.25) is 0 Å². The minimum absolute atomic E-state index is 0.781. The van der Waals surface area contributed by atoms with Gasteiger partial charge in [-0.25, -0.2) is 0 Å². The van der Waals surface area contributed by atoms with E-state index in [1.807, 2.05) is 26.0 Å². The number of aliphatic hydroxyl groups is 1. The van der Waals surface area contributed by atoms with E-state index in [1.54, 1.807) is 21.0 Å². The standard InChI is InChI=1S/C12H18O2/c1-8-6-9(2)11(14-5)10(7-8)12(3,4)13/h6-7,13H,1-5H3. The summed E-state index contributed by atoms with van der Waals surface area (Å²) in [4.78, 5) is 0. The van der Waals surface area contributed by atoms with Gasteiger partial charge in [0.15, 0.2) is 0 Å². The number of methoxy groups -OCH3 is 1. The van der Waals surface area contributed by atoms with E-state index >= 15 is 0 Å². The summed E-state index contributed by atoms with van der Waals surface area (Å²) in [5.74, 6) is 0.781. The molecular formula is C12H18O2. The molecule has 1 N–H and O–H groups in total. The molecule has 2 nitrogen and oxygen atoms in total. The van der Waals surface area contributed by atoms with E-state index in [0.29, 0.717) is 0 Å². The summed E-state index contributed by atoms with van der Waals surface area (Å²) in [6.07, 6.45) is 0. The highest BCUT2D eigenvalue weighted by Gasteiger charge is 2.22. The molecule has 0 saturated carbocycles. The van der Waals surface area contributed by atoms with Gasteiger partial charge in [-0.2, -0.15) is 0 Å². The fourth-order valence-electron chi connectivity index (χ4n) is 1.68. The van der Waals surface area contributed by atoms with Crippen molar-refractivity contribution in [2.75, 3.05) is 7.11 Å². The predicted molar refractivity (Wildman–Crippen MR) is 57.7 cm³/mol. The van der Waals surface area contributed by atoms with Gasteiger partial charge < -0.3 is 9.84 Å². The minimum atomic E-state index is -0.859. The molecule has 0 spiro atoms. The molecule has 0 aromatic heterocycles. The van der Waals surface area contributed by atoms with Crippen LogP contribution >= 0.6 is 0 Å². The van der Waals surface area contributed by atoms with E-state index in [4.69, 9.17) is 4.74 Å². The van der Waals surface area contributed by atoms with Crippen LogP contribution in [0, 0.1) is 13.8 Å². The van der Waals surface area contributed by atoms with Crippen LogP contribution in [0.5, 0.6) is 5.75 Å². The molecule has 0 unspecified atom stereocenters. The molecule has 1 rings (SSSR count). The van der Waals surface area contributed by atoms with Gasteiger partial charge >= 0.3 is 0 Å². The number of aryl methyl sites for hydroxylation is 2. The van der Waals surface area contributed by atoms with Crippen LogP contribution in [0.25, 0.3) is 0 Å². The largest absolute Gasteiger partial charge is 0.496 e. The lowest BCUT2D eigenvalue weighted by atomic mass is 9.93. The van der Waals surface area contributed by atoms with Gasteiger partial charge in [0.25, 0.3) is 0 Å². The zero-order chi connectivity index (χ0) is 10.9. The van der Waals surface area contributed by atoms with E-state index in [2.05, 4.69) is 0 Å². The van der Waals surface area contributed by atoms with Gasteiger partial charge in [0.1, 0.15) is 5.75 Å². The van der Waals surface area contributed by atoms with Crippen molar-refractivity contribution in [3.8, 4) is 5.75 Å². The Balaban J connectivity index is 3.40. The zero-order valence-electron chi connectivity index (χ0n) is 9.51. The smallest absolute Gasteiger partial charge is 0.127 e. The van der Waals surface area contributed by atoms with E-state index in [0.717, 1.165) is 22.4 Å². The molecule has 0 amide bonds. The summed E-state index contributed by atoms with van der Waals surface area (Å²) < 4.78 is 5.30. The molecule has 1 aromatic carbocycles. The first-order chi connectivity index (χ1) is 6.36. The van der Waals surface area contributed by atoms with Crippen LogP contribution in [-0.4, -0.2) is 12.2 Å². The van der Waals surface area contributed by atoms with Crippen molar-refractivity contribution < 1.29 is 9.84 Å². The third-order valence-electron chi connectivity index (χ3n) is 2.28. The van der Waals surface area contributed by atoms with Gasteiger partial charge in [-0.1, -0.05) is 11.6 Å². The van der Waals surface area contributed by atoms with Gasteiger partial charge in [0.2, 0.25) is 0 Å². The first-order valence-corrected chi connectivity index (χ1v) is 4.74. The normalized spacial score (nSPS) is 11.6. The molecule has 78 valence electrons. The Bertz CT molecular complexity index is 335. The number of hydrogen-bond acceptors (Lipinski definition) is 2. The number of benzene rings is 1. The highest BCUT2D eigenvalue weighted by molar-refractivity contribution is 5.46. The Morgan fingerprint density at radius 3 is 2.21 bits per heavy atom. The molecule has 0 fully saturated rings. The number of ether oxygens (including phenoxy) is 1. The third kappa shape index (κ3) is 2.07. The second kappa shape index (κ2) is 3.62. The van der Waals surface area contributed by atoms with E-state index in [1.165, 1.54) is 0 Å². The molecule has 0 atom stereocenters. The molecule has 0 saturated heterocycles. The van der Waals surface area contributed by atoms with Gasteiger partial charge in [0, 0.05) is 5.56 Å². The molecular weight excluding hydrogens is 176 g/mol. The lowest BCUT2D eigenvalue weighted by molar-refractivity contribution is 0.0754. The maximum Gasteiger partial charge on any atom is 0.127 e. The van der Waals surface area contributed by atoms with Crippen molar-refractivity contribution in [2.45, 2.75) is 33.3 Å². The van der Waals surface area contributed by atoms with Crippen LogP contribution in [-0.2, 0) is 5.60 Å². The van der Waals surface area contributed by atoms with Gasteiger partial charge in [-0.15, -0.1) is 0 Å². The minimum Gasteiger partial charge on any atom is -0.496 e. The third-order valence-corrected chi connectivity index (χ3v) is 2.28. The Morgan fingerprint density at radius 2 is 1.79 bits per heavy atom. The summed E-state index contributed by atoms with van der Waals surface area (Å²) in [7, 11) is 1.63. The second-order valence-corrected chi connectivity index (χ2v) is 4.22. The van der Waals surface area contributed by atoms with Crippen LogP contribution in [0.4, 0.5) is 0 Å². The van der Waals surface area contributed by atoms with E-state index < -0.39 is 5.60 Å². The van der Waals surface area contributed by atoms with Crippen molar-refractivity contribution in [1.82, 2.24) is 0 Å². The first kappa shape index (κ1) is 11.1. The molecule has 0 aliphatic rings. The zero-order valence-corrected chi connectivity index (χ0v) is 9.51. The highest BCUT2D eigenvalue weighted by Crippen LogP contribution is 2.33. The van der Waals surface area contributed by atoms with Crippen LogP contribution in [0.1, 0.15) is 30.5 Å². The second-order valence-electron chi connectivity index (χ2n) is 4.22. The van der Waals surface area contributed by atoms with Crippen molar-refractivity contribution in [3.05, 3.63) is 28.8 Å². The molecule has 1 aromatic rings. The van der Waals surface area contributed by atoms with Crippen LogP contribution in [0.2, 0.25) is 0 Å². The van der Waals surface area contributed by atoms with E-state index in [-0.39, 0.29) is 0 Å². The first-order valence-electron chi connectivity index (χ1n) is 4.74. The van der Waals surface area contributed by atoms with Crippen LogP contribution in [0.3, 0.4) is 0 Å². The monoisotopic (exact) mass is 194 g/mol. The molecule has 0 radical (unpaired) electrons. The summed E-state index contributed by atoms with van der Waals surface area (Å²) >= 11 is 0. The van der Waals surface area contributed by atoms with Gasteiger partial charge in [-0.05, 0) is 39.3 Å². The summed E-state index contributed by atoms with van der Waals surface area (Å²) in [5.41, 5.74) is 2.19. The summed E-state index contributed by atoms with van der Waals surface area (Å²) in [6, 6.07) is 4.01. The predicted octanol–water partition coefficient (Wildman–Crippen LogP) is 2.54. The SMILES string of the molecule is COc1c(C)cc(C)cc1C(C)(C)O. The molecule has 14 heavy (non-hydrogen) atoms. The van der Waals surface area contributed by atoms with Crippen LogP contribution < -0.4 is 4.74 Å². The molecule has 0 bridgehead atoms. The Morgan fingerprint density at radius 1 is 1.21 bits per heavy atom. The van der Waals surface area contributed by atoms with Crippen molar-refractivity contribution in [2.24, 2.45) is 0 Å². The number of hydrogen-bond donors (Lipinski definition) is 1. The maximum atomic E-state index is 9.97. The van der Waals surface area contributed by atoms with Crippen molar-refractivity contribution in [3.63, 3.8) is 0 Å².